The Morgan fingerprint density at radius 3 is 1.00 bits per heavy atom. The fourth-order valence-electron chi connectivity index (χ4n) is 7.68. The van der Waals surface area contributed by atoms with Crippen LogP contribution in [0.1, 0.15) is 258 Å². The standard InChI is InChI=1S/C64H106O6/c1-4-7-10-13-16-19-22-24-26-28-30-31-32-33-35-36-38-40-42-45-48-51-54-57-63(66)69-60-61(59-68-62(65)56-53-50-47-44-21-18-15-12-9-6-3)70-64(67)58-55-52-49-46-43-41-39-37-34-29-27-25-23-20-17-14-11-8-5-2/h8,11-12,15,17,20,22,24-25,27-28,30,34,37,41,43,49,52,61H,4-7,9-10,13-14,16,18-19,21,23,26,29,31-33,35-36,38-40,42,44-48,50-51,53-60H2,1-3H3/b11-8-,15-12-,20-17-,24-22-,27-25-,30-28-,37-34-,43-41-,52-49-. The molecule has 0 aliphatic rings. The molecular weight excluding hydrogens is 865 g/mol. The zero-order valence-electron chi connectivity index (χ0n) is 45.5. The second-order valence-electron chi connectivity index (χ2n) is 18.8. The van der Waals surface area contributed by atoms with E-state index in [1.54, 1.807) is 0 Å². The molecule has 0 aromatic rings. The molecule has 398 valence electrons. The molecule has 6 nitrogen and oxygen atoms in total. The van der Waals surface area contributed by atoms with Crippen molar-refractivity contribution in [3.05, 3.63) is 109 Å². The van der Waals surface area contributed by atoms with Crippen LogP contribution in [0.5, 0.6) is 0 Å². The Morgan fingerprint density at radius 1 is 0.300 bits per heavy atom. The number of carbonyl (C=O) groups excluding carboxylic acids is 3. The van der Waals surface area contributed by atoms with Crippen LogP contribution < -0.4 is 0 Å². The fraction of sp³-hybridized carbons (Fsp3) is 0.672. The van der Waals surface area contributed by atoms with Crippen molar-refractivity contribution in [1.29, 1.82) is 0 Å². The topological polar surface area (TPSA) is 78.9 Å². The Kier molecular flexibility index (Phi) is 54.4. The maximum atomic E-state index is 12.8. The van der Waals surface area contributed by atoms with E-state index in [1.807, 2.05) is 12.2 Å². The van der Waals surface area contributed by atoms with Crippen molar-refractivity contribution >= 4 is 17.9 Å². The minimum Gasteiger partial charge on any atom is -0.462 e. The van der Waals surface area contributed by atoms with Gasteiger partial charge in [-0.05, 0) is 109 Å². The molecule has 1 unspecified atom stereocenters. The van der Waals surface area contributed by atoms with Crippen LogP contribution in [0, 0.1) is 0 Å². The molecule has 0 radical (unpaired) electrons. The van der Waals surface area contributed by atoms with Crippen molar-refractivity contribution in [3.8, 4) is 0 Å². The first-order valence-electron chi connectivity index (χ1n) is 28.9. The summed E-state index contributed by atoms with van der Waals surface area (Å²) in [6, 6.07) is 0. The van der Waals surface area contributed by atoms with E-state index in [1.165, 1.54) is 109 Å². The van der Waals surface area contributed by atoms with Gasteiger partial charge in [-0.3, -0.25) is 14.4 Å². The van der Waals surface area contributed by atoms with Gasteiger partial charge in [0, 0.05) is 19.3 Å². The first kappa shape index (κ1) is 66.1. The first-order valence-corrected chi connectivity index (χ1v) is 28.9. The molecule has 0 N–H and O–H groups in total. The molecule has 0 aromatic carbocycles. The van der Waals surface area contributed by atoms with Crippen molar-refractivity contribution in [3.63, 3.8) is 0 Å². The molecule has 0 spiro atoms. The van der Waals surface area contributed by atoms with E-state index in [9.17, 15) is 14.4 Å². The molecule has 0 aliphatic carbocycles. The van der Waals surface area contributed by atoms with E-state index in [0.717, 1.165) is 103 Å². The minimum atomic E-state index is -0.824. The van der Waals surface area contributed by atoms with E-state index in [-0.39, 0.29) is 31.6 Å². The third-order valence-electron chi connectivity index (χ3n) is 12.0. The average Bonchev–Trinajstić information content (AvgIpc) is 3.36. The van der Waals surface area contributed by atoms with Gasteiger partial charge in [0.2, 0.25) is 0 Å². The highest BCUT2D eigenvalue weighted by Crippen LogP contribution is 2.14. The number of carbonyl (C=O) groups is 3. The summed E-state index contributed by atoms with van der Waals surface area (Å²) < 4.78 is 16.7. The van der Waals surface area contributed by atoms with E-state index in [4.69, 9.17) is 14.2 Å². The van der Waals surface area contributed by atoms with Crippen LogP contribution in [0.4, 0.5) is 0 Å². The Hall–Kier alpha value is -3.93. The van der Waals surface area contributed by atoms with Gasteiger partial charge in [-0.2, -0.15) is 0 Å². The van der Waals surface area contributed by atoms with Crippen LogP contribution in [0.3, 0.4) is 0 Å². The van der Waals surface area contributed by atoms with Crippen LogP contribution in [-0.2, 0) is 28.6 Å². The van der Waals surface area contributed by atoms with Crippen LogP contribution in [0.2, 0.25) is 0 Å². The predicted molar refractivity (Wildman–Crippen MR) is 302 cm³/mol. The Labute approximate surface area is 431 Å². The summed E-state index contributed by atoms with van der Waals surface area (Å²) in [4.78, 5) is 38.0. The second kappa shape index (κ2) is 57.6. The molecule has 70 heavy (non-hydrogen) atoms. The van der Waals surface area contributed by atoms with Gasteiger partial charge in [0.15, 0.2) is 6.10 Å². The molecule has 1 atom stereocenters. The number of rotatable bonds is 51. The van der Waals surface area contributed by atoms with Crippen molar-refractivity contribution in [2.24, 2.45) is 0 Å². The smallest absolute Gasteiger partial charge is 0.306 e. The molecule has 6 heteroatoms. The van der Waals surface area contributed by atoms with Gasteiger partial charge in [-0.15, -0.1) is 0 Å². The van der Waals surface area contributed by atoms with Gasteiger partial charge in [-0.1, -0.05) is 239 Å². The molecular formula is C64H106O6. The number of hydrogen-bond donors (Lipinski definition) is 0. The molecule has 0 saturated carbocycles. The number of hydrogen-bond acceptors (Lipinski definition) is 6. The molecule has 0 fully saturated rings. The van der Waals surface area contributed by atoms with Crippen molar-refractivity contribution in [1.82, 2.24) is 0 Å². The lowest BCUT2D eigenvalue weighted by atomic mass is 10.0. The lowest BCUT2D eigenvalue weighted by Crippen LogP contribution is -2.30. The van der Waals surface area contributed by atoms with Crippen LogP contribution >= 0.6 is 0 Å². The zero-order valence-corrected chi connectivity index (χ0v) is 45.5. The zero-order chi connectivity index (χ0) is 50.7. The summed E-state index contributed by atoms with van der Waals surface area (Å²) in [5.41, 5.74) is 0. The molecule has 0 heterocycles. The van der Waals surface area contributed by atoms with Gasteiger partial charge in [0.1, 0.15) is 13.2 Å². The number of allylic oxidation sites excluding steroid dienone is 18. The first-order chi connectivity index (χ1) is 34.5. The number of esters is 3. The summed E-state index contributed by atoms with van der Waals surface area (Å²) in [6.07, 6.45) is 78.2. The molecule has 0 amide bonds. The van der Waals surface area contributed by atoms with E-state index < -0.39 is 12.1 Å². The van der Waals surface area contributed by atoms with E-state index in [2.05, 4.69) is 118 Å². The summed E-state index contributed by atoms with van der Waals surface area (Å²) in [7, 11) is 0. The third kappa shape index (κ3) is 55.0. The summed E-state index contributed by atoms with van der Waals surface area (Å²) >= 11 is 0. The SMILES string of the molecule is CC/C=C\C/C=C\C/C=C\C/C=C\C/C=C\C/C=C\CCC(=O)OC(COC(=O)CCCCCCC/C=C\CCC)COC(=O)CCCCCCCCCCCCC/C=C\C/C=C\CCCCCCC. The minimum absolute atomic E-state index is 0.113. The van der Waals surface area contributed by atoms with Crippen molar-refractivity contribution in [2.75, 3.05) is 13.2 Å². The maximum absolute atomic E-state index is 12.8. The van der Waals surface area contributed by atoms with Gasteiger partial charge < -0.3 is 14.2 Å². The highest BCUT2D eigenvalue weighted by molar-refractivity contribution is 5.71. The molecule has 0 rings (SSSR count). The van der Waals surface area contributed by atoms with Crippen molar-refractivity contribution in [2.45, 2.75) is 264 Å². The lowest BCUT2D eigenvalue weighted by Gasteiger charge is -2.18. The average molecular weight is 972 g/mol. The van der Waals surface area contributed by atoms with Crippen LogP contribution in [-0.4, -0.2) is 37.2 Å². The van der Waals surface area contributed by atoms with Crippen LogP contribution in [0.15, 0.2) is 109 Å². The monoisotopic (exact) mass is 971 g/mol. The Bertz CT molecular complexity index is 1440. The summed E-state index contributed by atoms with van der Waals surface area (Å²) in [5, 5.41) is 0. The van der Waals surface area contributed by atoms with Gasteiger partial charge in [-0.25, -0.2) is 0 Å². The number of unbranched alkanes of at least 4 members (excludes halogenated alkanes) is 22. The number of ether oxygens (including phenoxy) is 3. The fourth-order valence-corrected chi connectivity index (χ4v) is 7.68. The third-order valence-corrected chi connectivity index (χ3v) is 12.0. The quantitative estimate of drug-likeness (QED) is 0.0262. The molecule has 0 saturated heterocycles. The van der Waals surface area contributed by atoms with E-state index in [0.29, 0.717) is 19.3 Å². The highest BCUT2D eigenvalue weighted by Gasteiger charge is 2.19. The summed E-state index contributed by atoms with van der Waals surface area (Å²) in [5.74, 6) is -1.01. The molecule has 0 aromatic heterocycles. The Morgan fingerprint density at radius 2 is 0.614 bits per heavy atom. The summed E-state index contributed by atoms with van der Waals surface area (Å²) in [6.45, 7) is 6.38. The maximum Gasteiger partial charge on any atom is 0.306 e. The molecule has 0 aliphatic heterocycles. The normalized spacial score (nSPS) is 12.9. The highest BCUT2D eigenvalue weighted by atomic mass is 16.6. The van der Waals surface area contributed by atoms with Crippen molar-refractivity contribution < 1.29 is 28.6 Å². The van der Waals surface area contributed by atoms with Crippen LogP contribution in [0.25, 0.3) is 0 Å². The largest absolute Gasteiger partial charge is 0.462 e. The Balaban J connectivity index is 4.39. The van der Waals surface area contributed by atoms with Gasteiger partial charge in [0.05, 0.1) is 0 Å². The predicted octanol–water partition coefficient (Wildman–Crippen LogP) is 19.5. The van der Waals surface area contributed by atoms with E-state index >= 15 is 0 Å². The molecule has 0 bridgehead atoms. The lowest BCUT2D eigenvalue weighted by molar-refractivity contribution is -0.166. The van der Waals surface area contributed by atoms with Gasteiger partial charge in [0.25, 0.3) is 0 Å². The van der Waals surface area contributed by atoms with Gasteiger partial charge >= 0.3 is 17.9 Å². The second-order valence-corrected chi connectivity index (χ2v) is 18.8.